The third-order valence-corrected chi connectivity index (χ3v) is 2.54. The Bertz CT molecular complexity index is 486. The Morgan fingerprint density at radius 1 is 1.50 bits per heavy atom. The molecule has 0 unspecified atom stereocenters. The third-order valence-electron chi connectivity index (χ3n) is 2.54. The third kappa shape index (κ3) is 4.02. The number of carbonyl (C=O) groups excluding carboxylic acids is 1. The molecule has 0 saturated heterocycles. The van der Waals surface area contributed by atoms with Crippen molar-refractivity contribution < 1.29 is 9.18 Å². The maximum atomic E-state index is 12.7. The number of halogens is 1. The Morgan fingerprint density at radius 2 is 2.11 bits per heavy atom. The van der Waals surface area contributed by atoms with Gasteiger partial charge < -0.3 is 5.32 Å². The van der Waals surface area contributed by atoms with E-state index in [1.165, 1.54) is 30.3 Å². The molecule has 1 N–H and O–H groups in total. The second kappa shape index (κ2) is 6.55. The molecule has 0 aliphatic rings. The lowest BCUT2D eigenvalue weighted by Crippen LogP contribution is -2.32. The number of carbonyl (C=O) groups is 1. The van der Waals surface area contributed by atoms with Gasteiger partial charge in [-0.25, -0.2) is 4.39 Å². The molecule has 0 aliphatic carbocycles. The summed E-state index contributed by atoms with van der Waals surface area (Å²) in [6.07, 6.45) is 2.23. The van der Waals surface area contributed by atoms with Crippen LogP contribution >= 0.6 is 0 Å². The molecular weight excluding hydrogens is 231 g/mol. The van der Waals surface area contributed by atoms with E-state index in [4.69, 9.17) is 5.26 Å². The normalized spacial score (nSPS) is 12.7. The molecule has 1 amide bonds. The molecule has 0 fully saturated rings. The Labute approximate surface area is 106 Å². The van der Waals surface area contributed by atoms with Crippen molar-refractivity contribution >= 4 is 12.0 Å². The van der Waals surface area contributed by atoms with Crippen LogP contribution in [0.3, 0.4) is 0 Å². The van der Waals surface area contributed by atoms with Gasteiger partial charge in [-0.3, -0.25) is 4.79 Å². The minimum atomic E-state index is -0.406. The van der Waals surface area contributed by atoms with E-state index in [1.54, 1.807) is 0 Å². The number of amides is 1. The second-order valence-electron chi connectivity index (χ2n) is 4.00. The van der Waals surface area contributed by atoms with Gasteiger partial charge >= 0.3 is 0 Å². The summed E-state index contributed by atoms with van der Waals surface area (Å²) in [7, 11) is 0. The highest BCUT2D eigenvalue weighted by Crippen LogP contribution is 2.08. The van der Waals surface area contributed by atoms with Gasteiger partial charge in [-0.05, 0) is 37.1 Å². The van der Waals surface area contributed by atoms with Crippen LogP contribution in [0.4, 0.5) is 4.39 Å². The number of nitrogens with one attached hydrogen (secondary N) is 1. The van der Waals surface area contributed by atoms with Gasteiger partial charge in [0.05, 0.1) is 0 Å². The summed E-state index contributed by atoms with van der Waals surface area (Å²) in [5.74, 6) is -0.758. The highest BCUT2D eigenvalue weighted by Gasteiger charge is 2.11. The number of rotatable bonds is 4. The zero-order valence-electron chi connectivity index (χ0n) is 10.4. The fourth-order valence-electron chi connectivity index (χ4n) is 1.28. The highest BCUT2D eigenvalue weighted by molar-refractivity contribution is 6.01. The van der Waals surface area contributed by atoms with Crippen molar-refractivity contribution in [1.82, 2.24) is 5.32 Å². The average Bonchev–Trinajstić information content (AvgIpc) is 2.37. The van der Waals surface area contributed by atoms with Crippen molar-refractivity contribution in [3.63, 3.8) is 0 Å². The lowest BCUT2D eigenvalue weighted by molar-refractivity contribution is -0.117. The summed E-state index contributed by atoms with van der Waals surface area (Å²) in [5, 5.41) is 11.7. The van der Waals surface area contributed by atoms with Gasteiger partial charge in [0, 0.05) is 6.04 Å². The first-order valence-corrected chi connectivity index (χ1v) is 5.75. The second-order valence-corrected chi connectivity index (χ2v) is 4.00. The van der Waals surface area contributed by atoms with Gasteiger partial charge in [0.25, 0.3) is 5.91 Å². The Kier molecular flexibility index (Phi) is 5.06. The quantitative estimate of drug-likeness (QED) is 0.656. The van der Waals surface area contributed by atoms with Crippen LogP contribution in [0.15, 0.2) is 29.8 Å². The van der Waals surface area contributed by atoms with Crippen LogP contribution < -0.4 is 5.32 Å². The molecular formula is C14H15FN2O. The van der Waals surface area contributed by atoms with Gasteiger partial charge in [0.1, 0.15) is 17.5 Å². The zero-order valence-corrected chi connectivity index (χ0v) is 10.4. The Hall–Kier alpha value is -2.15. The molecule has 1 rings (SSSR count). The maximum absolute atomic E-state index is 12.7. The van der Waals surface area contributed by atoms with E-state index >= 15 is 0 Å². The van der Waals surface area contributed by atoms with Crippen molar-refractivity contribution in [2.75, 3.05) is 0 Å². The zero-order chi connectivity index (χ0) is 13.5. The van der Waals surface area contributed by atoms with Crippen LogP contribution in [0.1, 0.15) is 25.8 Å². The molecule has 0 bridgehead atoms. The molecule has 1 atom stereocenters. The molecule has 0 aromatic heterocycles. The van der Waals surface area contributed by atoms with Crippen LogP contribution in [0, 0.1) is 17.1 Å². The topological polar surface area (TPSA) is 52.9 Å². The minimum Gasteiger partial charge on any atom is -0.349 e. The van der Waals surface area contributed by atoms with E-state index in [9.17, 15) is 9.18 Å². The van der Waals surface area contributed by atoms with E-state index in [2.05, 4.69) is 5.32 Å². The summed E-state index contributed by atoms with van der Waals surface area (Å²) >= 11 is 0. The van der Waals surface area contributed by atoms with Crippen LogP contribution in [-0.2, 0) is 4.79 Å². The largest absolute Gasteiger partial charge is 0.349 e. The predicted molar refractivity (Wildman–Crippen MR) is 67.9 cm³/mol. The molecule has 0 heterocycles. The summed E-state index contributed by atoms with van der Waals surface area (Å²) in [4.78, 5) is 11.7. The van der Waals surface area contributed by atoms with Crippen LogP contribution in [0.2, 0.25) is 0 Å². The fraction of sp³-hybridized carbons (Fsp3) is 0.286. The molecule has 1 aromatic carbocycles. The van der Waals surface area contributed by atoms with Gasteiger partial charge in [-0.2, -0.15) is 5.26 Å². The summed E-state index contributed by atoms with van der Waals surface area (Å²) in [5.41, 5.74) is 0.633. The monoisotopic (exact) mass is 246 g/mol. The summed E-state index contributed by atoms with van der Waals surface area (Å²) in [6.45, 7) is 3.81. The average molecular weight is 246 g/mol. The summed E-state index contributed by atoms with van der Waals surface area (Å²) in [6, 6.07) is 7.47. The molecule has 0 radical (unpaired) electrons. The number of nitrogens with zero attached hydrogens (tertiary/aromatic N) is 1. The SMILES string of the molecule is CC[C@H](C)NC(=O)/C(C#N)=C/c1ccc(F)cc1. The first-order valence-electron chi connectivity index (χ1n) is 5.75. The van der Waals surface area contributed by atoms with E-state index in [-0.39, 0.29) is 17.4 Å². The minimum absolute atomic E-state index is 0.0157. The molecule has 0 spiro atoms. The van der Waals surface area contributed by atoms with Crippen LogP contribution in [-0.4, -0.2) is 11.9 Å². The van der Waals surface area contributed by atoms with Crippen molar-refractivity contribution in [3.05, 3.63) is 41.2 Å². The number of hydrogen-bond donors (Lipinski definition) is 1. The van der Waals surface area contributed by atoms with Crippen molar-refractivity contribution in [2.45, 2.75) is 26.3 Å². The number of benzene rings is 1. The maximum Gasteiger partial charge on any atom is 0.262 e. The molecule has 0 saturated carbocycles. The van der Waals surface area contributed by atoms with Crippen LogP contribution in [0.25, 0.3) is 6.08 Å². The predicted octanol–water partition coefficient (Wildman–Crippen LogP) is 2.65. The molecule has 1 aromatic rings. The van der Waals surface area contributed by atoms with Gasteiger partial charge in [0.2, 0.25) is 0 Å². The number of hydrogen-bond acceptors (Lipinski definition) is 2. The molecule has 18 heavy (non-hydrogen) atoms. The van der Waals surface area contributed by atoms with E-state index in [0.717, 1.165) is 6.42 Å². The van der Waals surface area contributed by atoms with E-state index in [0.29, 0.717) is 5.56 Å². The van der Waals surface area contributed by atoms with E-state index < -0.39 is 5.91 Å². The lowest BCUT2D eigenvalue weighted by atomic mass is 10.1. The molecule has 3 nitrogen and oxygen atoms in total. The van der Waals surface area contributed by atoms with Crippen LogP contribution in [0.5, 0.6) is 0 Å². The van der Waals surface area contributed by atoms with Crippen molar-refractivity contribution in [3.8, 4) is 6.07 Å². The van der Waals surface area contributed by atoms with Gasteiger partial charge in [-0.15, -0.1) is 0 Å². The van der Waals surface area contributed by atoms with Crippen molar-refractivity contribution in [2.24, 2.45) is 0 Å². The van der Waals surface area contributed by atoms with Gasteiger partial charge in [0.15, 0.2) is 0 Å². The van der Waals surface area contributed by atoms with Crippen molar-refractivity contribution in [1.29, 1.82) is 5.26 Å². The van der Waals surface area contributed by atoms with E-state index in [1.807, 2.05) is 19.9 Å². The lowest BCUT2D eigenvalue weighted by Gasteiger charge is -2.10. The molecule has 4 heteroatoms. The highest BCUT2D eigenvalue weighted by atomic mass is 19.1. The molecule has 94 valence electrons. The first-order chi connectivity index (χ1) is 8.56. The van der Waals surface area contributed by atoms with Gasteiger partial charge in [-0.1, -0.05) is 19.1 Å². The fourth-order valence-corrected chi connectivity index (χ4v) is 1.28. The first kappa shape index (κ1) is 13.9. The smallest absolute Gasteiger partial charge is 0.262 e. The standard InChI is InChI=1S/C14H15FN2O/c1-3-10(2)17-14(18)12(9-16)8-11-4-6-13(15)7-5-11/h4-8,10H,3H2,1-2H3,(H,17,18)/b12-8+/t10-/m0/s1. The number of nitriles is 1. The Morgan fingerprint density at radius 3 is 2.61 bits per heavy atom. The summed E-state index contributed by atoms with van der Waals surface area (Å²) < 4.78 is 12.7. The Balaban J connectivity index is 2.86. The molecule has 0 aliphatic heterocycles.